The lowest BCUT2D eigenvalue weighted by molar-refractivity contribution is 0.420. The van der Waals surface area contributed by atoms with Crippen molar-refractivity contribution in [3.63, 3.8) is 0 Å². The maximum atomic E-state index is 5.83. The highest BCUT2D eigenvalue weighted by Crippen LogP contribution is 2.10. The van der Waals surface area contributed by atoms with Crippen molar-refractivity contribution in [2.24, 2.45) is 0 Å². The fourth-order valence-electron chi connectivity index (χ4n) is 1.82. The van der Waals surface area contributed by atoms with E-state index < -0.39 is 7.12 Å². The van der Waals surface area contributed by atoms with Crippen LogP contribution in [0.2, 0.25) is 0 Å². The third-order valence-electron chi connectivity index (χ3n) is 2.80. The van der Waals surface area contributed by atoms with Crippen molar-refractivity contribution < 1.29 is 9.31 Å². The molecule has 0 amide bonds. The summed E-state index contributed by atoms with van der Waals surface area (Å²) in [7, 11) is -0.601. The molecule has 0 aliphatic rings. The second-order valence-electron chi connectivity index (χ2n) is 4.31. The molecule has 5 heteroatoms. The van der Waals surface area contributed by atoms with Gasteiger partial charge in [-0.05, 0) is 24.3 Å². The van der Waals surface area contributed by atoms with E-state index in [1.807, 2.05) is 54.6 Å². The van der Waals surface area contributed by atoms with Gasteiger partial charge in [0.2, 0.25) is 0 Å². The van der Waals surface area contributed by atoms with Crippen molar-refractivity contribution in [2.75, 3.05) is 0 Å². The van der Waals surface area contributed by atoms with E-state index in [9.17, 15) is 0 Å². The molecule has 0 fully saturated rings. The zero-order valence-electron chi connectivity index (χ0n) is 11.3. The van der Waals surface area contributed by atoms with Gasteiger partial charge in [0.05, 0.1) is 0 Å². The van der Waals surface area contributed by atoms with Crippen LogP contribution >= 0.6 is 0 Å². The van der Waals surface area contributed by atoms with Crippen LogP contribution in [0.15, 0.2) is 79.1 Å². The van der Waals surface area contributed by atoms with Crippen LogP contribution in [0.25, 0.3) is 0 Å². The first-order valence-corrected chi connectivity index (χ1v) is 6.62. The Labute approximate surface area is 123 Å². The summed E-state index contributed by atoms with van der Waals surface area (Å²) in [5, 5.41) is 0. The highest BCUT2D eigenvalue weighted by atomic mass is 16.6. The van der Waals surface area contributed by atoms with E-state index in [1.165, 1.54) is 0 Å². The van der Waals surface area contributed by atoms with Gasteiger partial charge < -0.3 is 9.31 Å². The molecule has 2 heterocycles. The lowest BCUT2D eigenvalue weighted by Crippen LogP contribution is -2.43. The maximum Gasteiger partial charge on any atom is 0.634 e. The summed E-state index contributed by atoms with van der Waals surface area (Å²) in [6, 6.07) is 20.7. The lowest BCUT2D eigenvalue weighted by atomic mass is 9.79. The monoisotopic (exact) mass is 276 g/mol. The van der Waals surface area contributed by atoms with Gasteiger partial charge in [0, 0.05) is 17.9 Å². The molecule has 102 valence electrons. The first-order valence-electron chi connectivity index (χ1n) is 6.62. The van der Waals surface area contributed by atoms with E-state index in [0.29, 0.717) is 11.8 Å². The molecule has 4 nitrogen and oxygen atoms in total. The average Bonchev–Trinajstić information content (AvgIpc) is 2.57. The standard InChI is InChI=1S/C16H13BN2O2/c1-2-8-14(9-3-1)17(20-15-10-4-6-12-18-15)21-16-11-5-7-13-19-16/h1-13H. The van der Waals surface area contributed by atoms with Gasteiger partial charge in [-0.15, -0.1) is 0 Å². The molecular formula is C16H13BN2O2. The summed E-state index contributed by atoms with van der Waals surface area (Å²) in [5.74, 6) is 1.00. The molecule has 0 bridgehead atoms. The minimum absolute atomic E-state index is 0.502. The van der Waals surface area contributed by atoms with Gasteiger partial charge in [-0.25, -0.2) is 9.97 Å². The topological polar surface area (TPSA) is 44.2 Å². The van der Waals surface area contributed by atoms with Gasteiger partial charge in [-0.1, -0.05) is 42.5 Å². The molecular weight excluding hydrogens is 263 g/mol. The third-order valence-corrected chi connectivity index (χ3v) is 2.80. The smallest absolute Gasteiger partial charge is 0.508 e. The van der Waals surface area contributed by atoms with Crippen LogP contribution in [0.4, 0.5) is 0 Å². The highest BCUT2D eigenvalue weighted by Gasteiger charge is 2.26. The lowest BCUT2D eigenvalue weighted by Gasteiger charge is -2.15. The molecule has 21 heavy (non-hydrogen) atoms. The number of hydrogen-bond acceptors (Lipinski definition) is 4. The van der Waals surface area contributed by atoms with Crippen molar-refractivity contribution in [1.82, 2.24) is 9.97 Å². The second kappa shape index (κ2) is 6.57. The Morgan fingerprint density at radius 1 is 0.619 bits per heavy atom. The van der Waals surface area contributed by atoms with Crippen LogP contribution in [-0.4, -0.2) is 17.1 Å². The van der Waals surface area contributed by atoms with E-state index in [1.54, 1.807) is 24.5 Å². The molecule has 0 aliphatic heterocycles. The minimum atomic E-state index is -0.601. The van der Waals surface area contributed by atoms with Crippen molar-refractivity contribution in [2.45, 2.75) is 0 Å². The fourth-order valence-corrected chi connectivity index (χ4v) is 1.82. The van der Waals surface area contributed by atoms with E-state index in [4.69, 9.17) is 9.31 Å². The minimum Gasteiger partial charge on any atom is -0.508 e. The molecule has 0 saturated heterocycles. The quantitative estimate of drug-likeness (QED) is 0.671. The van der Waals surface area contributed by atoms with Gasteiger partial charge in [0.1, 0.15) is 0 Å². The second-order valence-corrected chi connectivity index (χ2v) is 4.31. The molecule has 2 aromatic heterocycles. The van der Waals surface area contributed by atoms with Crippen LogP contribution in [0.3, 0.4) is 0 Å². The Bertz CT molecular complexity index is 624. The van der Waals surface area contributed by atoms with E-state index in [2.05, 4.69) is 9.97 Å². The molecule has 0 unspecified atom stereocenters. The number of rotatable bonds is 5. The summed E-state index contributed by atoms with van der Waals surface area (Å²) in [5.41, 5.74) is 0.897. The number of benzene rings is 1. The van der Waals surface area contributed by atoms with Crippen LogP contribution in [0.5, 0.6) is 11.8 Å². The third kappa shape index (κ3) is 3.60. The Balaban J connectivity index is 1.84. The number of nitrogens with zero attached hydrogens (tertiary/aromatic N) is 2. The molecule has 0 N–H and O–H groups in total. The number of hydrogen-bond donors (Lipinski definition) is 0. The molecule has 0 aliphatic carbocycles. The molecule has 0 radical (unpaired) electrons. The number of pyridine rings is 2. The van der Waals surface area contributed by atoms with Crippen LogP contribution < -0.4 is 14.8 Å². The number of aromatic nitrogens is 2. The first-order chi connectivity index (χ1) is 10.4. The predicted octanol–water partition coefficient (Wildman–Crippen LogP) is 2.33. The summed E-state index contributed by atoms with van der Waals surface area (Å²) in [6.45, 7) is 0. The van der Waals surface area contributed by atoms with E-state index in [0.717, 1.165) is 5.46 Å². The maximum absolute atomic E-state index is 5.83. The van der Waals surface area contributed by atoms with Gasteiger partial charge in [0.25, 0.3) is 0 Å². The predicted molar refractivity (Wildman–Crippen MR) is 81.6 cm³/mol. The Morgan fingerprint density at radius 2 is 1.14 bits per heavy atom. The highest BCUT2D eigenvalue weighted by molar-refractivity contribution is 6.62. The van der Waals surface area contributed by atoms with Crippen molar-refractivity contribution >= 4 is 12.6 Å². The Morgan fingerprint density at radius 3 is 1.62 bits per heavy atom. The molecule has 0 atom stereocenters. The van der Waals surface area contributed by atoms with Crippen molar-refractivity contribution in [1.29, 1.82) is 0 Å². The largest absolute Gasteiger partial charge is 0.634 e. The normalized spacial score (nSPS) is 9.90. The van der Waals surface area contributed by atoms with Crippen molar-refractivity contribution in [3.8, 4) is 11.8 Å². The van der Waals surface area contributed by atoms with E-state index >= 15 is 0 Å². The molecule has 1 aromatic carbocycles. The first kappa shape index (κ1) is 13.2. The Kier molecular flexibility index (Phi) is 4.12. The van der Waals surface area contributed by atoms with Gasteiger partial charge in [0.15, 0.2) is 11.8 Å². The molecule has 3 rings (SSSR count). The summed E-state index contributed by atoms with van der Waals surface area (Å²) in [4.78, 5) is 8.33. The SMILES string of the molecule is c1ccc(B(Oc2ccccn2)Oc2ccccn2)cc1. The zero-order chi connectivity index (χ0) is 14.3. The van der Waals surface area contributed by atoms with Gasteiger partial charge in [-0.2, -0.15) is 0 Å². The zero-order valence-corrected chi connectivity index (χ0v) is 11.3. The fraction of sp³-hybridized carbons (Fsp3) is 0. The summed E-state index contributed by atoms with van der Waals surface area (Å²) < 4.78 is 11.7. The van der Waals surface area contributed by atoms with Crippen molar-refractivity contribution in [3.05, 3.63) is 79.1 Å². The molecule has 3 aromatic rings. The average molecular weight is 276 g/mol. The molecule has 0 spiro atoms. The van der Waals surface area contributed by atoms with Crippen LogP contribution in [0, 0.1) is 0 Å². The summed E-state index contributed by atoms with van der Waals surface area (Å²) in [6.07, 6.45) is 3.36. The van der Waals surface area contributed by atoms with E-state index in [-0.39, 0.29) is 0 Å². The summed E-state index contributed by atoms with van der Waals surface area (Å²) >= 11 is 0. The van der Waals surface area contributed by atoms with Gasteiger partial charge >= 0.3 is 7.12 Å². The van der Waals surface area contributed by atoms with Crippen LogP contribution in [-0.2, 0) is 0 Å². The van der Waals surface area contributed by atoms with Gasteiger partial charge in [-0.3, -0.25) is 0 Å². The van der Waals surface area contributed by atoms with Crippen LogP contribution in [0.1, 0.15) is 0 Å². The molecule has 0 saturated carbocycles. The Hall–Kier alpha value is -2.82.